The second-order valence-corrected chi connectivity index (χ2v) is 6.41. The van der Waals surface area contributed by atoms with Gasteiger partial charge in [-0.25, -0.2) is 0 Å². The van der Waals surface area contributed by atoms with Crippen LogP contribution in [-0.4, -0.2) is 23.5 Å². The Bertz CT molecular complexity index is 384. The fourth-order valence-electron chi connectivity index (χ4n) is 2.35. The number of nitrogens with one attached hydrogen (secondary N) is 1. The van der Waals surface area contributed by atoms with Crippen LogP contribution in [0.3, 0.4) is 0 Å². The second kappa shape index (κ2) is 5.45. The SMILES string of the molecule is Cc1cc(CN2CCCC2)oc1CNC(C)(C)C. The Morgan fingerprint density at radius 1 is 1.28 bits per heavy atom. The molecule has 1 N–H and O–H groups in total. The van der Waals surface area contributed by atoms with Crippen molar-refractivity contribution in [3.8, 4) is 0 Å². The number of aryl methyl sites for hydroxylation is 1. The molecule has 1 aliphatic heterocycles. The molecule has 2 heterocycles. The van der Waals surface area contributed by atoms with E-state index in [0.717, 1.165) is 24.6 Å². The topological polar surface area (TPSA) is 28.4 Å². The Labute approximate surface area is 111 Å². The number of hydrogen-bond acceptors (Lipinski definition) is 3. The molecule has 1 fully saturated rings. The van der Waals surface area contributed by atoms with E-state index in [1.54, 1.807) is 0 Å². The molecule has 3 nitrogen and oxygen atoms in total. The highest BCUT2D eigenvalue weighted by Gasteiger charge is 2.16. The molecule has 0 aliphatic carbocycles. The molecule has 0 saturated carbocycles. The Morgan fingerprint density at radius 2 is 1.94 bits per heavy atom. The van der Waals surface area contributed by atoms with Crippen molar-refractivity contribution in [2.45, 2.75) is 59.2 Å². The van der Waals surface area contributed by atoms with Gasteiger partial charge in [-0.1, -0.05) is 0 Å². The standard InChI is InChI=1S/C15H26N2O/c1-12-9-13(11-17-7-5-6-8-17)18-14(12)10-16-15(2,3)4/h9,16H,5-8,10-11H2,1-4H3. The third-order valence-corrected chi connectivity index (χ3v) is 3.43. The van der Waals surface area contributed by atoms with Gasteiger partial charge in [-0.3, -0.25) is 4.90 Å². The highest BCUT2D eigenvalue weighted by molar-refractivity contribution is 5.20. The molecule has 0 bridgehead atoms. The van der Waals surface area contributed by atoms with Gasteiger partial charge in [0.05, 0.1) is 13.1 Å². The average molecular weight is 250 g/mol. The molecule has 3 heteroatoms. The van der Waals surface area contributed by atoms with Crippen molar-refractivity contribution in [1.29, 1.82) is 0 Å². The number of rotatable bonds is 4. The van der Waals surface area contributed by atoms with Crippen LogP contribution in [0.15, 0.2) is 10.5 Å². The van der Waals surface area contributed by atoms with Crippen molar-refractivity contribution in [2.24, 2.45) is 0 Å². The van der Waals surface area contributed by atoms with E-state index in [1.165, 1.54) is 31.5 Å². The predicted molar refractivity (Wildman–Crippen MR) is 74.5 cm³/mol. The molecule has 1 aliphatic rings. The van der Waals surface area contributed by atoms with Crippen LogP contribution in [0.5, 0.6) is 0 Å². The van der Waals surface area contributed by atoms with Crippen LogP contribution in [0.25, 0.3) is 0 Å². The molecule has 1 aromatic rings. The molecule has 0 atom stereocenters. The summed E-state index contributed by atoms with van der Waals surface area (Å²) in [5.41, 5.74) is 1.40. The van der Waals surface area contributed by atoms with E-state index in [2.05, 4.69) is 44.0 Å². The van der Waals surface area contributed by atoms with Crippen LogP contribution in [0.2, 0.25) is 0 Å². The second-order valence-electron chi connectivity index (χ2n) is 6.41. The Hall–Kier alpha value is -0.800. The van der Waals surface area contributed by atoms with Crippen molar-refractivity contribution in [2.75, 3.05) is 13.1 Å². The van der Waals surface area contributed by atoms with Gasteiger partial charge in [0.2, 0.25) is 0 Å². The van der Waals surface area contributed by atoms with E-state index < -0.39 is 0 Å². The highest BCUT2D eigenvalue weighted by Crippen LogP contribution is 2.19. The lowest BCUT2D eigenvalue weighted by Gasteiger charge is -2.19. The average Bonchev–Trinajstić information content (AvgIpc) is 2.85. The summed E-state index contributed by atoms with van der Waals surface area (Å²) >= 11 is 0. The van der Waals surface area contributed by atoms with Gasteiger partial charge < -0.3 is 9.73 Å². The zero-order valence-electron chi connectivity index (χ0n) is 12.2. The smallest absolute Gasteiger partial charge is 0.120 e. The molecule has 1 aromatic heterocycles. The molecule has 18 heavy (non-hydrogen) atoms. The summed E-state index contributed by atoms with van der Waals surface area (Å²) in [6.07, 6.45) is 2.66. The van der Waals surface area contributed by atoms with E-state index in [4.69, 9.17) is 4.42 Å². The largest absolute Gasteiger partial charge is 0.463 e. The van der Waals surface area contributed by atoms with Crippen LogP contribution < -0.4 is 5.32 Å². The quantitative estimate of drug-likeness (QED) is 0.890. The molecular formula is C15H26N2O. The van der Waals surface area contributed by atoms with E-state index in [1.807, 2.05) is 0 Å². The molecule has 0 aromatic carbocycles. The van der Waals surface area contributed by atoms with Crippen LogP contribution in [0.1, 0.15) is 50.7 Å². The zero-order valence-corrected chi connectivity index (χ0v) is 12.2. The Balaban J connectivity index is 1.93. The van der Waals surface area contributed by atoms with Crippen molar-refractivity contribution in [1.82, 2.24) is 10.2 Å². The minimum Gasteiger partial charge on any atom is -0.463 e. The lowest BCUT2D eigenvalue weighted by atomic mass is 10.1. The number of nitrogens with zero attached hydrogens (tertiary/aromatic N) is 1. The normalized spacial score (nSPS) is 17.6. The maximum Gasteiger partial charge on any atom is 0.120 e. The molecule has 0 unspecified atom stereocenters. The molecule has 0 radical (unpaired) electrons. The minimum atomic E-state index is 0.133. The van der Waals surface area contributed by atoms with Gasteiger partial charge in [-0.05, 0) is 65.3 Å². The van der Waals surface area contributed by atoms with Crippen LogP contribution in [0, 0.1) is 6.92 Å². The summed E-state index contributed by atoms with van der Waals surface area (Å²) in [6.45, 7) is 12.9. The predicted octanol–water partition coefficient (Wildman–Crippen LogP) is 3.07. The van der Waals surface area contributed by atoms with Crippen molar-refractivity contribution in [3.63, 3.8) is 0 Å². The molecule has 1 saturated heterocycles. The van der Waals surface area contributed by atoms with E-state index in [0.29, 0.717) is 0 Å². The van der Waals surface area contributed by atoms with E-state index >= 15 is 0 Å². The first-order chi connectivity index (χ1) is 8.44. The lowest BCUT2D eigenvalue weighted by molar-refractivity contribution is 0.288. The summed E-state index contributed by atoms with van der Waals surface area (Å²) in [6, 6.07) is 2.19. The minimum absolute atomic E-state index is 0.133. The van der Waals surface area contributed by atoms with Crippen LogP contribution >= 0.6 is 0 Å². The number of furan rings is 1. The van der Waals surface area contributed by atoms with Crippen molar-refractivity contribution >= 4 is 0 Å². The fraction of sp³-hybridized carbons (Fsp3) is 0.733. The lowest BCUT2D eigenvalue weighted by Crippen LogP contribution is -2.35. The number of likely N-dealkylation sites (tertiary alicyclic amines) is 1. The summed E-state index contributed by atoms with van der Waals surface area (Å²) in [7, 11) is 0. The highest BCUT2D eigenvalue weighted by atomic mass is 16.3. The van der Waals surface area contributed by atoms with Crippen molar-refractivity contribution < 1.29 is 4.42 Å². The van der Waals surface area contributed by atoms with Gasteiger partial charge in [-0.2, -0.15) is 0 Å². The van der Waals surface area contributed by atoms with Gasteiger partial charge in [0.15, 0.2) is 0 Å². The molecule has 0 amide bonds. The van der Waals surface area contributed by atoms with Crippen LogP contribution in [0.4, 0.5) is 0 Å². The summed E-state index contributed by atoms with van der Waals surface area (Å²) in [4.78, 5) is 2.47. The van der Waals surface area contributed by atoms with Gasteiger partial charge in [0, 0.05) is 5.54 Å². The van der Waals surface area contributed by atoms with E-state index in [9.17, 15) is 0 Å². The summed E-state index contributed by atoms with van der Waals surface area (Å²) < 4.78 is 5.97. The third-order valence-electron chi connectivity index (χ3n) is 3.43. The summed E-state index contributed by atoms with van der Waals surface area (Å²) in [5.74, 6) is 2.19. The third kappa shape index (κ3) is 3.85. The maximum atomic E-state index is 5.97. The first-order valence-electron chi connectivity index (χ1n) is 6.99. The Kier molecular flexibility index (Phi) is 4.13. The number of hydrogen-bond donors (Lipinski definition) is 1. The summed E-state index contributed by atoms with van der Waals surface area (Å²) in [5, 5.41) is 3.48. The van der Waals surface area contributed by atoms with E-state index in [-0.39, 0.29) is 5.54 Å². The molecule has 102 valence electrons. The van der Waals surface area contributed by atoms with Gasteiger partial charge in [0.25, 0.3) is 0 Å². The monoisotopic (exact) mass is 250 g/mol. The Morgan fingerprint density at radius 3 is 2.56 bits per heavy atom. The fourth-order valence-corrected chi connectivity index (χ4v) is 2.35. The first-order valence-corrected chi connectivity index (χ1v) is 6.99. The van der Waals surface area contributed by atoms with Crippen molar-refractivity contribution in [3.05, 3.63) is 23.2 Å². The van der Waals surface area contributed by atoms with Crippen LogP contribution in [-0.2, 0) is 13.1 Å². The molecule has 2 rings (SSSR count). The maximum absolute atomic E-state index is 5.97. The van der Waals surface area contributed by atoms with Gasteiger partial charge in [-0.15, -0.1) is 0 Å². The first kappa shape index (κ1) is 13.6. The van der Waals surface area contributed by atoms with Gasteiger partial charge >= 0.3 is 0 Å². The van der Waals surface area contributed by atoms with Gasteiger partial charge in [0.1, 0.15) is 11.5 Å². The molecular weight excluding hydrogens is 224 g/mol. The molecule has 0 spiro atoms. The zero-order chi connectivity index (χ0) is 13.2.